The lowest BCUT2D eigenvalue weighted by molar-refractivity contribution is 0.138. The third-order valence-electron chi connectivity index (χ3n) is 3.07. The van der Waals surface area contributed by atoms with Crippen molar-refractivity contribution in [2.75, 3.05) is 7.11 Å². The molecule has 3 nitrogen and oxygen atoms in total. The van der Waals surface area contributed by atoms with Gasteiger partial charge in [0.15, 0.2) is 0 Å². The molecule has 0 radical (unpaired) electrons. The first-order valence-electron chi connectivity index (χ1n) is 7.08. The minimum Gasteiger partial charge on any atom is -0.452 e. The summed E-state index contributed by atoms with van der Waals surface area (Å²) in [6, 6.07) is 19.8. The number of amides is 1. The monoisotopic (exact) mass is 293 g/mol. The summed E-state index contributed by atoms with van der Waals surface area (Å²) in [5.74, 6) is 0. The molecule has 0 saturated carbocycles. The average Bonchev–Trinajstić information content (AvgIpc) is 2.58. The van der Waals surface area contributed by atoms with Crippen molar-refractivity contribution in [1.29, 1.82) is 0 Å². The van der Waals surface area contributed by atoms with Gasteiger partial charge in [-0.25, -0.2) is 4.79 Å². The number of nitrogens with zero attached hydrogens (tertiary/aromatic N) is 1. The van der Waals surface area contributed by atoms with Gasteiger partial charge in [-0.05, 0) is 17.2 Å². The number of allylic oxidation sites excluding steroid dienone is 2. The normalized spacial score (nSPS) is 11.0. The molecule has 3 heteroatoms. The molecule has 112 valence electrons. The van der Waals surface area contributed by atoms with Gasteiger partial charge < -0.3 is 4.74 Å². The standard InChI is InChI=1S/C19H19NO2/c1-22-19(21)20(16-18-13-6-3-7-14-18)15-9-8-12-17-10-4-2-5-11-17/h2-15H,16H2,1H3/b12-8+,15-9+. The molecule has 2 rings (SSSR count). The molecule has 0 atom stereocenters. The van der Waals surface area contributed by atoms with Gasteiger partial charge in [0.25, 0.3) is 0 Å². The molecule has 0 bridgehead atoms. The molecule has 0 N–H and O–H groups in total. The summed E-state index contributed by atoms with van der Waals surface area (Å²) in [5, 5.41) is 0. The predicted octanol–water partition coefficient (Wildman–Crippen LogP) is 4.48. The Kier molecular flexibility index (Phi) is 6.00. The van der Waals surface area contributed by atoms with E-state index in [1.54, 1.807) is 6.20 Å². The van der Waals surface area contributed by atoms with Crippen LogP contribution in [0.2, 0.25) is 0 Å². The summed E-state index contributed by atoms with van der Waals surface area (Å²) >= 11 is 0. The first-order chi connectivity index (χ1) is 10.8. The topological polar surface area (TPSA) is 29.5 Å². The van der Waals surface area contributed by atoms with E-state index >= 15 is 0 Å². The fourth-order valence-corrected chi connectivity index (χ4v) is 1.96. The quantitative estimate of drug-likeness (QED) is 0.761. The molecule has 0 spiro atoms. The molecule has 0 heterocycles. The summed E-state index contributed by atoms with van der Waals surface area (Å²) in [6.07, 6.45) is 7.05. The van der Waals surface area contributed by atoms with Crippen molar-refractivity contribution >= 4 is 12.2 Å². The molecule has 0 unspecified atom stereocenters. The van der Waals surface area contributed by atoms with Crippen LogP contribution in [0.1, 0.15) is 11.1 Å². The molecule has 1 amide bonds. The smallest absolute Gasteiger partial charge is 0.413 e. The lowest BCUT2D eigenvalue weighted by Gasteiger charge is -2.16. The summed E-state index contributed by atoms with van der Waals surface area (Å²) < 4.78 is 4.81. The Hall–Kier alpha value is -2.81. The average molecular weight is 293 g/mol. The summed E-state index contributed by atoms with van der Waals surface area (Å²) in [5.41, 5.74) is 2.16. The number of hydrogen-bond donors (Lipinski definition) is 0. The molecule has 22 heavy (non-hydrogen) atoms. The van der Waals surface area contributed by atoms with E-state index in [1.165, 1.54) is 12.0 Å². The number of carbonyl (C=O) groups excluding carboxylic acids is 1. The zero-order chi connectivity index (χ0) is 15.6. The second-order valence-electron chi connectivity index (χ2n) is 4.69. The predicted molar refractivity (Wildman–Crippen MR) is 89.0 cm³/mol. The zero-order valence-corrected chi connectivity index (χ0v) is 12.6. The second kappa shape index (κ2) is 8.47. The van der Waals surface area contributed by atoms with Crippen molar-refractivity contribution in [3.63, 3.8) is 0 Å². The Morgan fingerprint density at radius 2 is 1.64 bits per heavy atom. The van der Waals surface area contributed by atoms with Crippen LogP contribution in [-0.2, 0) is 11.3 Å². The Bertz CT molecular complexity index is 633. The lowest BCUT2D eigenvalue weighted by atomic mass is 10.2. The Balaban J connectivity index is 2.02. The lowest BCUT2D eigenvalue weighted by Crippen LogP contribution is -2.24. The van der Waals surface area contributed by atoms with E-state index in [9.17, 15) is 4.79 Å². The van der Waals surface area contributed by atoms with Crippen LogP contribution in [0.4, 0.5) is 4.79 Å². The Morgan fingerprint density at radius 1 is 1.00 bits per heavy atom. The van der Waals surface area contributed by atoms with E-state index < -0.39 is 0 Å². The van der Waals surface area contributed by atoms with Gasteiger partial charge >= 0.3 is 6.09 Å². The molecule has 2 aromatic carbocycles. The van der Waals surface area contributed by atoms with E-state index in [0.717, 1.165) is 11.1 Å². The maximum absolute atomic E-state index is 11.8. The molecular formula is C19H19NO2. The second-order valence-corrected chi connectivity index (χ2v) is 4.69. The molecular weight excluding hydrogens is 274 g/mol. The number of ether oxygens (including phenoxy) is 1. The molecule has 2 aromatic rings. The highest BCUT2D eigenvalue weighted by atomic mass is 16.5. The van der Waals surface area contributed by atoms with Crippen molar-refractivity contribution in [2.24, 2.45) is 0 Å². The minimum absolute atomic E-state index is 0.381. The van der Waals surface area contributed by atoms with Crippen LogP contribution in [0, 0.1) is 0 Å². The van der Waals surface area contributed by atoms with E-state index in [1.807, 2.05) is 78.9 Å². The van der Waals surface area contributed by atoms with Gasteiger partial charge in [0.2, 0.25) is 0 Å². The van der Waals surface area contributed by atoms with Crippen molar-refractivity contribution in [2.45, 2.75) is 6.54 Å². The molecule has 0 aliphatic carbocycles. The van der Waals surface area contributed by atoms with E-state index in [2.05, 4.69) is 0 Å². The highest BCUT2D eigenvalue weighted by Crippen LogP contribution is 2.07. The third-order valence-corrected chi connectivity index (χ3v) is 3.07. The van der Waals surface area contributed by atoms with Gasteiger partial charge in [0.05, 0.1) is 13.7 Å². The van der Waals surface area contributed by atoms with Crippen molar-refractivity contribution in [1.82, 2.24) is 4.90 Å². The van der Waals surface area contributed by atoms with Crippen molar-refractivity contribution in [3.8, 4) is 0 Å². The molecule has 0 saturated heterocycles. The summed E-state index contributed by atoms with van der Waals surface area (Å²) in [4.78, 5) is 13.3. The maximum atomic E-state index is 11.8. The van der Waals surface area contributed by atoms with Crippen LogP contribution in [0.15, 0.2) is 79.0 Å². The Morgan fingerprint density at radius 3 is 2.27 bits per heavy atom. The van der Waals surface area contributed by atoms with E-state index in [-0.39, 0.29) is 6.09 Å². The number of rotatable bonds is 5. The van der Waals surface area contributed by atoms with Gasteiger partial charge in [-0.3, -0.25) is 4.90 Å². The molecule has 0 aromatic heterocycles. The molecule has 0 fully saturated rings. The summed E-state index contributed by atoms with van der Waals surface area (Å²) in [7, 11) is 1.38. The van der Waals surface area contributed by atoms with Crippen molar-refractivity contribution < 1.29 is 9.53 Å². The van der Waals surface area contributed by atoms with E-state index in [4.69, 9.17) is 4.74 Å². The number of carbonyl (C=O) groups is 1. The number of methoxy groups -OCH3 is 1. The van der Waals surface area contributed by atoms with E-state index in [0.29, 0.717) is 6.54 Å². The van der Waals surface area contributed by atoms with Gasteiger partial charge in [-0.2, -0.15) is 0 Å². The molecule has 0 aliphatic heterocycles. The van der Waals surface area contributed by atoms with Crippen molar-refractivity contribution in [3.05, 3.63) is 90.1 Å². The minimum atomic E-state index is -0.381. The first kappa shape index (κ1) is 15.6. The highest BCUT2D eigenvalue weighted by Gasteiger charge is 2.10. The van der Waals surface area contributed by atoms with Crippen LogP contribution < -0.4 is 0 Å². The number of hydrogen-bond acceptors (Lipinski definition) is 2. The van der Waals surface area contributed by atoms with Gasteiger partial charge in [-0.15, -0.1) is 0 Å². The Labute approximate surface area is 131 Å². The van der Waals surface area contributed by atoms with Crippen LogP contribution >= 0.6 is 0 Å². The largest absolute Gasteiger partial charge is 0.452 e. The van der Waals surface area contributed by atoms with Crippen LogP contribution in [0.25, 0.3) is 6.08 Å². The maximum Gasteiger partial charge on any atom is 0.413 e. The summed E-state index contributed by atoms with van der Waals surface area (Å²) in [6.45, 7) is 0.475. The zero-order valence-electron chi connectivity index (χ0n) is 12.6. The number of benzene rings is 2. The van der Waals surface area contributed by atoms with Gasteiger partial charge in [0, 0.05) is 6.20 Å². The first-order valence-corrected chi connectivity index (χ1v) is 7.08. The van der Waals surface area contributed by atoms with Gasteiger partial charge in [-0.1, -0.05) is 72.8 Å². The van der Waals surface area contributed by atoms with Gasteiger partial charge in [0.1, 0.15) is 0 Å². The molecule has 0 aliphatic rings. The van der Waals surface area contributed by atoms with Crippen LogP contribution in [0.3, 0.4) is 0 Å². The van der Waals surface area contributed by atoms with Crippen LogP contribution in [-0.4, -0.2) is 18.1 Å². The fraction of sp³-hybridized carbons (Fsp3) is 0.105. The highest BCUT2D eigenvalue weighted by molar-refractivity contribution is 5.68. The third kappa shape index (κ3) is 4.94. The SMILES string of the molecule is COC(=O)N(/C=C/C=C/c1ccccc1)Cc1ccccc1. The fourth-order valence-electron chi connectivity index (χ4n) is 1.96. The van der Waals surface area contributed by atoms with Crippen LogP contribution in [0.5, 0.6) is 0 Å².